The first kappa shape index (κ1) is 15.6. The van der Waals surface area contributed by atoms with Crippen LogP contribution in [0.1, 0.15) is 6.42 Å². The van der Waals surface area contributed by atoms with Gasteiger partial charge in [0.2, 0.25) is 5.91 Å². The third kappa shape index (κ3) is 4.96. The van der Waals surface area contributed by atoms with Gasteiger partial charge in [0.1, 0.15) is 0 Å². The van der Waals surface area contributed by atoms with Crippen molar-refractivity contribution in [2.75, 3.05) is 23.4 Å². The number of nitrogens with one attached hydrogen (secondary N) is 2. The number of halogens is 2. The lowest BCUT2D eigenvalue weighted by atomic mass is 10.2. The molecule has 0 aliphatic carbocycles. The zero-order valence-corrected chi connectivity index (χ0v) is 12.4. The van der Waals surface area contributed by atoms with Gasteiger partial charge in [-0.25, -0.2) is 0 Å². The molecular weight excluding hydrogens is 302 g/mol. The number of carbonyl (C=O) groups excluding carboxylic acids is 1. The summed E-state index contributed by atoms with van der Waals surface area (Å²) in [6.45, 7) is 0.903. The normalized spacial score (nSPS) is 19.1. The van der Waals surface area contributed by atoms with Crippen LogP contribution in [0, 0.1) is 0 Å². The van der Waals surface area contributed by atoms with Gasteiger partial charge in [-0.05, 0) is 12.1 Å². The third-order valence-corrected chi connectivity index (χ3v) is 4.73. The number of para-hydroxylation sites is 1. The Kier molecular flexibility index (Phi) is 6.12. The van der Waals surface area contributed by atoms with Gasteiger partial charge in [0.05, 0.1) is 5.69 Å². The number of amides is 1. The summed E-state index contributed by atoms with van der Waals surface area (Å²) in [5.41, 5.74) is 0.450. The van der Waals surface area contributed by atoms with Crippen molar-refractivity contribution in [3.8, 4) is 0 Å². The summed E-state index contributed by atoms with van der Waals surface area (Å²) in [5.74, 6) is -0.677. The fraction of sp³-hybridized carbons (Fsp3) is 0.462. The lowest BCUT2D eigenvalue weighted by molar-refractivity contribution is -0.116. The Morgan fingerprint density at radius 2 is 2.30 bits per heavy atom. The van der Waals surface area contributed by atoms with E-state index in [4.69, 9.17) is 0 Å². The van der Waals surface area contributed by atoms with Crippen LogP contribution in [-0.2, 0) is 4.79 Å². The van der Waals surface area contributed by atoms with Gasteiger partial charge in [0.15, 0.2) is 0 Å². The Balaban J connectivity index is 1.93. The minimum atomic E-state index is -2.50. The Morgan fingerprint density at radius 3 is 3.00 bits per heavy atom. The minimum absolute atomic E-state index is 0.146. The number of alkyl halides is 2. The smallest absolute Gasteiger partial charge is 0.288 e. The number of thioether (sulfide) groups is 2. The van der Waals surface area contributed by atoms with Gasteiger partial charge in [-0.2, -0.15) is 20.5 Å². The van der Waals surface area contributed by atoms with Gasteiger partial charge in [-0.15, -0.1) is 0 Å². The first-order chi connectivity index (χ1) is 9.65. The van der Waals surface area contributed by atoms with Crippen molar-refractivity contribution in [3.63, 3.8) is 0 Å². The molecule has 0 saturated carbocycles. The van der Waals surface area contributed by atoms with Gasteiger partial charge in [-0.1, -0.05) is 23.9 Å². The average Bonchev–Trinajstić information content (AvgIpc) is 2.41. The summed E-state index contributed by atoms with van der Waals surface area (Å²) in [6, 6.07) is 6.79. The van der Waals surface area contributed by atoms with E-state index in [2.05, 4.69) is 10.6 Å². The molecule has 110 valence electrons. The number of hydrogen-bond donors (Lipinski definition) is 2. The van der Waals surface area contributed by atoms with E-state index in [9.17, 15) is 13.6 Å². The monoisotopic (exact) mass is 318 g/mol. The van der Waals surface area contributed by atoms with E-state index in [1.54, 1.807) is 24.3 Å². The zero-order chi connectivity index (χ0) is 14.4. The number of carbonyl (C=O) groups is 1. The van der Waals surface area contributed by atoms with Crippen LogP contribution in [0.5, 0.6) is 0 Å². The Morgan fingerprint density at radius 1 is 1.50 bits per heavy atom. The van der Waals surface area contributed by atoms with Crippen molar-refractivity contribution in [1.82, 2.24) is 5.32 Å². The second-order valence-electron chi connectivity index (χ2n) is 4.35. The molecule has 1 aliphatic rings. The molecule has 0 radical (unpaired) electrons. The summed E-state index contributed by atoms with van der Waals surface area (Å²) in [7, 11) is 0. The molecule has 1 amide bonds. The molecule has 1 aliphatic heterocycles. The molecule has 20 heavy (non-hydrogen) atoms. The lowest BCUT2D eigenvalue weighted by Gasteiger charge is -2.22. The van der Waals surface area contributed by atoms with E-state index < -0.39 is 5.76 Å². The van der Waals surface area contributed by atoms with Gasteiger partial charge in [0, 0.05) is 35.4 Å². The molecule has 1 aromatic carbocycles. The van der Waals surface area contributed by atoms with Crippen molar-refractivity contribution in [3.05, 3.63) is 24.3 Å². The zero-order valence-electron chi connectivity index (χ0n) is 10.8. The summed E-state index contributed by atoms with van der Waals surface area (Å²) in [5, 5.41) is 6.00. The predicted molar refractivity (Wildman–Crippen MR) is 80.7 cm³/mol. The molecule has 1 heterocycles. The largest absolute Gasteiger partial charge is 0.325 e. The molecule has 1 unspecified atom stereocenters. The van der Waals surface area contributed by atoms with Crippen LogP contribution in [0.15, 0.2) is 29.2 Å². The highest BCUT2D eigenvalue weighted by atomic mass is 32.2. The van der Waals surface area contributed by atoms with E-state index in [0.717, 1.165) is 18.1 Å². The lowest BCUT2D eigenvalue weighted by Crippen LogP contribution is -2.39. The van der Waals surface area contributed by atoms with Gasteiger partial charge >= 0.3 is 0 Å². The standard InChI is InChI=1S/C13H16F2N2OS2/c14-13(15)20-11-4-2-1-3-10(11)17-12(18)7-9-8-19-6-5-16-9/h1-4,9,13,16H,5-8H2,(H,17,18). The van der Waals surface area contributed by atoms with E-state index in [1.165, 1.54) is 0 Å². The van der Waals surface area contributed by atoms with Crippen LogP contribution >= 0.6 is 23.5 Å². The molecule has 0 bridgehead atoms. The molecule has 2 rings (SSSR count). The summed E-state index contributed by atoms with van der Waals surface area (Å²) in [4.78, 5) is 12.4. The first-order valence-corrected chi connectivity index (χ1v) is 8.33. The number of hydrogen-bond acceptors (Lipinski definition) is 4. The van der Waals surface area contributed by atoms with E-state index in [-0.39, 0.29) is 11.9 Å². The highest BCUT2D eigenvalue weighted by Gasteiger charge is 2.18. The molecule has 1 fully saturated rings. The van der Waals surface area contributed by atoms with Crippen molar-refractivity contribution < 1.29 is 13.6 Å². The fourth-order valence-electron chi connectivity index (χ4n) is 1.94. The van der Waals surface area contributed by atoms with Crippen LogP contribution in [0.25, 0.3) is 0 Å². The van der Waals surface area contributed by atoms with Crippen molar-refractivity contribution in [2.45, 2.75) is 23.1 Å². The summed E-state index contributed by atoms with van der Waals surface area (Å²) >= 11 is 2.26. The van der Waals surface area contributed by atoms with Crippen LogP contribution in [-0.4, -0.2) is 35.8 Å². The highest BCUT2D eigenvalue weighted by Crippen LogP contribution is 2.31. The maximum atomic E-state index is 12.4. The maximum absolute atomic E-state index is 12.4. The quantitative estimate of drug-likeness (QED) is 0.819. The molecule has 3 nitrogen and oxygen atoms in total. The molecule has 1 saturated heterocycles. The predicted octanol–water partition coefficient (Wildman–Crippen LogP) is 3.03. The molecular formula is C13H16F2N2OS2. The first-order valence-electron chi connectivity index (χ1n) is 6.30. The third-order valence-electron chi connectivity index (χ3n) is 2.81. The van der Waals surface area contributed by atoms with Gasteiger partial charge in [-0.3, -0.25) is 4.79 Å². The van der Waals surface area contributed by atoms with Gasteiger partial charge in [0.25, 0.3) is 5.76 Å². The molecule has 0 spiro atoms. The second-order valence-corrected chi connectivity index (χ2v) is 6.53. The molecule has 1 atom stereocenters. The minimum Gasteiger partial charge on any atom is -0.325 e. The van der Waals surface area contributed by atoms with Gasteiger partial charge < -0.3 is 10.6 Å². The Labute approximate surface area is 125 Å². The Bertz CT molecular complexity index is 454. The van der Waals surface area contributed by atoms with E-state index in [0.29, 0.717) is 28.8 Å². The summed E-state index contributed by atoms with van der Waals surface area (Å²) in [6.07, 6.45) is 0.362. The number of benzene rings is 1. The molecule has 1 aromatic rings. The van der Waals surface area contributed by atoms with Crippen LogP contribution in [0.3, 0.4) is 0 Å². The SMILES string of the molecule is O=C(CC1CSCCN1)Nc1ccccc1SC(F)F. The highest BCUT2D eigenvalue weighted by molar-refractivity contribution is 7.99. The summed E-state index contributed by atoms with van der Waals surface area (Å²) < 4.78 is 24.9. The number of anilines is 1. The second kappa shape index (κ2) is 7.85. The van der Waals surface area contributed by atoms with E-state index >= 15 is 0 Å². The number of rotatable bonds is 5. The van der Waals surface area contributed by atoms with Crippen LogP contribution in [0.2, 0.25) is 0 Å². The molecule has 7 heteroatoms. The van der Waals surface area contributed by atoms with Crippen LogP contribution in [0.4, 0.5) is 14.5 Å². The van der Waals surface area contributed by atoms with Crippen molar-refractivity contribution in [2.24, 2.45) is 0 Å². The van der Waals surface area contributed by atoms with Crippen LogP contribution < -0.4 is 10.6 Å². The average molecular weight is 318 g/mol. The maximum Gasteiger partial charge on any atom is 0.288 e. The molecule has 0 aromatic heterocycles. The fourth-order valence-corrected chi connectivity index (χ4v) is 3.49. The Hall–Kier alpha value is -0.790. The topological polar surface area (TPSA) is 41.1 Å². The van der Waals surface area contributed by atoms with E-state index in [1.807, 2.05) is 11.8 Å². The molecule has 2 N–H and O–H groups in total. The van der Waals surface area contributed by atoms with Crippen molar-refractivity contribution >= 4 is 35.1 Å². The van der Waals surface area contributed by atoms with Crippen molar-refractivity contribution in [1.29, 1.82) is 0 Å².